The van der Waals surface area contributed by atoms with Gasteiger partial charge >= 0.3 is 0 Å². The zero-order valence-corrected chi connectivity index (χ0v) is 8.57. The highest BCUT2D eigenvalue weighted by Crippen LogP contribution is 2.27. The average Bonchev–Trinajstić information content (AvgIpc) is 2.87. The van der Waals surface area contributed by atoms with E-state index < -0.39 is 0 Å². The molecule has 0 aromatic rings. The Morgan fingerprint density at radius 2 is 2.36 bits per heavy atom. The second-order valence-corrected chi connectivity index (χ2v) is 3.91. The van der Waals surface area contributed by atoms with Crippen LogP contribution in [-0.2, 0) is 4.79 Å². The molecule has 1 fully saturated rings. The molecule has 4 nitrogen and oxygen atoms in total. The first-order chi connectivity index (χ1) is 6.65. The van der Waals surface area contributed by atoms with Crippen LogP contribution in [0.5, 0.6) is 0 Å². The largest absolute Gasteiger partial charge is 0.339 e. The highest BCUT2D eigenvalue weighted by atomic mass is 16.2. The Morgan fingerprint density at radius 1 is 1.71 bits per heavy atom. The highest BCUT2D eigenvalue weighted by Gasteiger charge is 2.31. The van der Waals surface area contributed by atoms with Gasteiger partial charge in [-0.1, -0.05) is 0 Å². The lowest BCUT2D eigenvalue weighted by Crippen LogP contribution is -2.37. The summed E-state index contributed by atoms with van der Waals surface area (Å²) in [6.07, 6.45) is 2.97. The summed E-state index contributed by atoms with van der Waals surface area (Å²) in [5.74, 6) is 0.0951. The van der Waals surface area contributed by atoms with E-state index in [1.807, 2.05) is 11.8 Å². The van der Waals surface area contributed by atoms with Gasteiger partial charge < -0.3 is 10.6 Å². The van der Waals surface area contributed by atoms with Crippen LogP contribution < -0.4 is 5.73 Å². The van der Waals surface area contributed by atoms with Crippen LogP contribution in [0.3, 0.4) is 0 Å². The van der Waals surface area contributed by atoms with Crippen molar-refractivity contribution in [3.8, 4) is 6.07 Å². The van der Waals surface area contributed by atoms with Crippen molar-refractivity contribution in [2.75, 3.05) is 6.54 Å². The molecule has 0 bridgehead atoms. The number of nitrogens with two attached hydrogens (primary N) is 1. The summed E-state index contributed by atoms with van der Waals surface area (Å²) in [4.78, 5) is 13.5. The van der Waals surface area contributed by atoms with Crippen molar-refractivity contribution in [1.82, 2.24) is 4.90 Å². The summed E-state index contributed by atoms with van der Waals surface area (Å²) in [5.41, 5.74) is 5.57. The summed E-state index contributed by atoms with van der Waals surface area (Å²) in [7, 11) is 0. The van der Waals surface area contributed by atoms with Crippen molar-refractivity contribution in [2.45, 2.75) is 44.7 Å². The molecule has 1 rings (SSSR count). The van der Waals surface area contributed by atoms with E-state index in [2.05, 4.69) is 6.07 Å². The van der Waals surface area contributed by atoms with E-state index in [1.165, 1.54) is 0 Å². The van der Waals surface area contributed by atoms with Gasteiger partial charge in [0.05, 0.1) is 12.5 Å². The van der Waals surface area contributed by atoms with Gasteiger partial charge in [-0.15, -0.1) is 0 Å². The fourth-order valence-corrected chi connectivity index (χ4v) is 1.46. The molecule has 0 spiro atoms. The molecule has 78 valence electrons. The van der Waals surface area contributed by atoms with Crippen LogP contribution >= 0.6 is 0 Å². The lowest BCUT2D eigenvalue weighted by Gasteiger charge is -2.22. The fourth-order valence-electron chi connectivity index (χ4n) is 1.46. The molecule has 0 heterocycles. The van der Waals surface area contributed by atoms with E-state index in [9.17, 15) is 4.79 Å². The van der Waals surface area contributed by atoms with Crippen LogP contribution in [0.15, 0.2) is 0 Å². The summed E-state index contributed by atoms with van der Waals surface area (Å²) in [5, 5.41) is 8.47. The van der Waals surface area contributed by atoms with Crippen LogP contribution in [-0.4, -0.2) is 29.4 Å². The van der Waals surface area contributed by atoms with Crippen LogP contribution in [0, 0.1) is 11.3 Å². The van der Waals surface area contributed by atoms with Crippen LogP contribution in [0.2, 0.25) is 0 Å². The van der Waals surface area contributed by atoms with Gasteiger partial charge in [-0.2, -0.15) is 5.26 Å². The Balaban J connectivity index is 2.41. The van der Waals surface area contributed by atoms with Gasteiger partial charge in [0.15, 0.2) is 0 Å². The molecule has 0 aliphatic heterocycles. The third kappa shape index (κ3) is 3.35. The molecule has 0 aromatic carbocycles. The van der Waals surface area contributed by atoms with Gasteiger partial charge in [-0.3, -0.25) is 4.79 Å². The zero-order chi connectivity index (χ0) is 10.6. The van der Waals surface area contributed by atoms with Crippen molar-refractivity contribution >= 4 is 5.91 Å². The smallest absolute Gasteiger partial charge is 0.224 e. The first kappa shape index (κ1) is 11.0. The van der Waals surface area contributed by atoms with Gasteiger partial charge in [0, 0.05) is 25.0 Å². The summed E-state index contributed by atoms with van der Waals surface area (Å²) < 4.78 is 0. The number of carbonyl (C=O) groups is 1. The van der Waals surface area contributed by atoms with Crippen molar-refractivity contribution in [2.24, 2.45) is 5.73 Å². The van der Waals surface area contributed by atoms with Gasteiger partial charge in [-0.05, 0) is 19.8 Å². The molecule has 4 heteroatoms. The number of nitriles is 1. The maximum atomic E-state index is 11.7. The normalized spacial score (nSPS) is 17.2. The molecule has 1 atom stereocenters. The van der Waals surface area contributed by atoms with Crippen molar-refractivity contribution in [3.05, 3.63) is 0 Å². The molecule has 14 heavy (non-hydrogen) atoms. The van der Waals surface area contributed by atoms with E-state index >= 15 is 0 Å². The Labute approximate surface area is 84.7 Å². The second kappa shape index (κ2) is 4.97. The van der Waals surface area contributed by atoms with E-state index in [-0.39, 0.29) is 11.9 Å². The Bertz CT molecular complexity index is 240. The van der Waals surface area contributed by atoms with Crippen LogP contribution in [0.1, 0.15) is 32.6 Å². The first-order valence-electron chi connectivity index (χ1n) is 5.07. The third-order valence-electron chi connectivity index (χ3n) is 2.27. The number of hydrogen-bond acceptors (Lipinski definition) is 3. The van der Waals surface area contributed by atoms with Gasteiger partial charge in [0.2, 0.25) is 5.91 Å². The predicted octanol–water partition coefficient (Wildman–Crippen LogP) is 0.628. The number of amides is 1. The molecule has 1 aliphatic rings. The topological polar surface area (TPSA) is 70.1 Å². The Kier molecular flexibility index (Phi) is 3.90. The average molecular weight is 195 g/mol. The second-order valence-electron chi connectivity index (χ2n) is 3.91. The first-order valence-corrected chi connectivity index (χ1v) is 5.07. The SMILES string of the molecule is CC(N)CC(=O)N(CCC#N)C1CC1. The number of rotatable bonds is 5. The molecular formula is C10H17N3O. The van der Waals surface area contributed by atoms with Crippen molar-refractivity contribution in [3.63, 3.8) is 0 Å². The predicted molar refractivity (Wildman–Crippen MR) is 53.2 cm³/mol. The summed E-state index contributed by atoms with van der Waals surface area (Å²) in [6, 6.07) is 2.36. The Morgan fingerprint density at radius 3 is 2.79 bits per heavy atom. The molecule has 2 N–H and O–H groups in total. The molecule has 0 aromatic heterocycles. The van der Waals surface area contributed by atoms with Gasteiger partial charge in [-0.25, -0.2) is 0 Å². The highest BCUT2D eigenvalue weighted by molar-refractivity contribution is 5.77. The van der Waals surface area contributed by atoms with E-state index in [1.54, 1.807) is 0 Å². The number of carbonyl (C=O) groups excluding carboxylic acids is 1. The molecule has 1 amide bonds. The molecular weight excluding hydrogens is 178 g/mol. The fraction of sp³-hybridized carbons (Fsp3) is 0.800. The lowest BCUT2D eigenvalue weighted by atomic mass is 10.2. The van der Waals surface area contributed by atoms with Crippen LogP contribution in [0.4, 0.5) is 0 Å². The number of hydrogen-bond donors (Lipinski definition) is 1. The quantitative estimate of drug-likeness (QED) is 0.699. The summed E-state index contributed by atoms with van der Waals surface area (Å²) in [6.45, 7) is 2.39. The number of nitrogens with zero attached hydrogens (tertiary/aromatic N) is 2. The summed E-state index contributed by atoms with van der Waals surface area (Å²) >= 11 is 0. The van der Waals surface area contributed by atoms with Crippen LogP contribution in [0.25, 0.3) is 0 Å². The molecule has 0 saturated heterocycles. The minimum absolute atomic E-state index is 0.0918. The van der Waals surface area contributed by atoms with Crippen molar-refractivity contribution < 1.29 is 4.79 Å². The van der Waals surface area contributed by atoms with E-state index in [0.29, 0.717) is 25.4 Å². The molecule has 1 saturated carbocycles. The van der Waals surface area contributed by atoms with E-state index in [0.717, 1.165) is 12.8 Å². The van der Waals surface area contributed by atoms with E-state index in [4.69, 9.17) is 11.0 Å². The van der Waals surface area contributed by atoms with Crippen molar-refractivity contribution in [1.29, 1.82) is 5.26 Å². The van der Waals surface area contributed by atoms with Gasteiger partial charge in [0.25, 0.3) is 0 Å². The monoisotopic (exact) mass is 195 g/mol. The molecule has 1 unspecified atom stereocenters. The molecule has 0 radical (unpaired) electrons. The van der Waals surface area contributed by atoms with Gasteiger partial charge in [0.1, 0.15) is 0 Å². The minimum Gasteiger partial charge on any atom is -0.339 e. The standard InChI is InChI=1S/C10H17N3O/c1-8(12)7-10(14)13(6-2-5-11)9-3-4-9/h8-9H,2-4,6-7,12H2,1H3. The zero-order valence-electron chi connectivity index (χ0n) is 8.57. The third-order valence-corrected chi connectivity index (χ3v) is 2.27. The lowest BCUT2D eigenvalue weighted by molar-refractivity contribution is -0.132. The minimum atomic E-state index is -0.0918. The Hall–Kier alpha value is -1.08. The maximum Gasteiger partial charge on any atom is 0.224 e. The maximum absolute atomic E-state index is 11.7. The molecule has 1 aliphatic carbocycles.